The van der Waals surface area contributed by atoms with E-state index in [0.29, 0.717) is 0 Å². The zero-order chi connectivity index (χ0) is 13.3. The highest BCUT2D eigenvalue weighted by Crippen LogP contribution is 2.22. The maximum Gasteiger partial charge on any atom is 0.255 e. The third kappa shape index (κ3) is 2.75. The van der Waals surface area contributed by atoms with Crippen LogP contribution in [0.3, 0.4) is 0 Å². The Bertz CT molecular complexity index is 461. The van der Waals surface area contributed by atoms with Crippen molar-refractivity contribution >= 4 is 21.8 Å². The van der Waals surface area contributed by atoms with Gasteiger partial charge in [0.2, 0.25) is 0 Å². The largest absolute Gasteiger partial charge is 0.333 e. The SMILES string of the molecule is Cc1ccc(Br)c(C(=O)N2CCN(C)CC2C)c1. The second kappa shape index (κ2) is 5.41. The van der Waals surface area contributed by atoms with E-state index in [1.165, 1.54) is 0 Å². The molecule has 0 bridgehead atoms. The van der Waals surface area contributed by atoms with Gasteiger partial charge >= 0.3 is 0 Å². The van der Waals surface area contributed by atoms with Gasteiger partial charge in [-0.05, 0) is 49.0 Å². The Morgan fingerprint density at radius 3 is 2.78 bits per heavy atom. The number of likely N-dealkylation sites (N-methyl/N-ethyl adjacent to an activating group) is 1. The van der Waals surface area contributed by atoms with E-state index in [4.69, 9.17) is 0 Å². The van der Waals surface area contributed by atoms with Crippen LogP contribution >= 0.6 is 15.9 Å². The highest BCUT2D eigenvalue weighted by molar-refractivity contribution is 9.10. The summed E-state index contributed by atoms with van der Waals surface area (Å²) >= 11 is 3.47. The van der Waals surface area contributed by atoms with E-state index in [2.05, 4.69) is 34.8 Å². The third-order valence-electron chi connectivity index (χ3n) is 3.44. The van der Waals surface area contributed by atoms with Gasteiger partial charge < -0.3 is 9.80 Å². The molecule has 0 aliphatic carbocycles. The van der Waals surface area contributed by atoms with Crippen LogP contribution in [0.2, 0.25) is 0 Å². The van der Waals surface area contributed by atoms with Crippen LogP contribution in [0.25, 0.3) is 0 Å². The van der Waals surface area contributed by atoms with Crippen molar-refractivity contribution in [3.8, 4) is 0 Å². The number of nitrogens with zero attached hydrogens (tertiary/aromatic N) is 2. The molecule has 1 unspecified atom stereocenters. The number of amides is 1. The molecule has 1 saturated heterocycles. The number of halogens is 1. The van der Waals surface area contributed by atoms with Crippen LogP contribution in [0.15, 0.2) is 22.7 Å². The van der Waals surface area contributed by atoms with E-state index < -0.39 is 0 Å². The Hall–Kier alpha value is -0.870. The lowest BCUT2D eigenvalue weighted by atomic mass is 10.1. The highest BCUT2D eigenvalue weighted by atomic mass is 79.9. The third-order valence-corrected chi connectivity index (χ3v) is 4.14. The van der Waals surface area contributed by atoms with Crippen LogP contribution in [0.5, 0.6) is 0 Å². The van der Waals surface area contributed by atoms with Gasteiger partial charge in [-0.1, -0.05) is 11.6 Å². The Labute approximate surface area is 117 Å². The lowest BCUT2D eigenvalue weighted by Gasteiger charge is -2.38. The van der Waals surface area contributed by atoms with E-state index >= 15 is 0 Å². The molecule has 18 heavy (non-hydrogen) atoms. The number of aryl methyl sites for hydroxylation is 1. The van der Waals surface area contributed by atoms with Crippen molar-refractivity contribution in [2.45, 2.75) is 19.9 Å². The molecular formula is C14H19BrN2O. The van der Waals surface area contributed by atoms with Gasteiger partial charge in [0.05, 0.1) is 5.56 Å². The number of carbonyl (C=O) groups is 1. The van der Waals surface area contributed by atoms with Crippen LogP contribution in [0.1, 0.15) is 22.8 Å². The molecule has 1 heterocycles. The van der Waals surface area contributed by atoms with Crippen molar-refractivity contribution in [3.63, 3.8) is 0 Å². The number of benzene rings is 1. The average molecular weight is 311 g/mol. The molecule has 1 aromatic rings. The molecule has 1 aliphatic rings. The summed E-state index contributed by atoms with van der Waals surface area (Å²) in [4.78, 5) is 16.8. The summed E-state index contributed by atoms with van der Waals surface area (Å²) in [5.41, 5.74) is 1.88. The summed E-state index contributed by atoms with van der Waals surface area (Å²) in [7, 11) is 2.10. The maximum absolute atomic E-state index is 12.6. The molecule has 0 N–H and O–H groups in total. The van der Waals surface area contributed by atoms with Crippen molar-refractivity contribution in [1.82, 2.24) is 9.80 Å². The fourth-order valence-electron chi connectivity index (χ4n) is 2.40. The van der Waals surface area contributed by atoms with Crippen molar-refractivity contribution in [1.29, 1.82) is 0 Å². The molecule has 1 amide bonds. The quantitative estimate of drug-likeness (QED) is 0.796. The standard InChI is InChI=1S/C14H19BrN2O/c1-10-4-5-13(15)12(8-10)14(18)17-7-6-16(3)9-11(17)2/h4-5,8,11H,6-7,9H2,1-3H3. The van der Waals surface area contributed by atoms with Crippen LogP contribution in [-0.2, 0) is 0 Å². The highest BCUT2D eigenvalue weighted by Gasteiger charge is 2.27. The number of rotatable bonds is 1. The topological polar surface area (TPSA) is 23.6 Å². The normalized spacial score (nSPS) is 21.1. The molecule has 0 saturated carbocycles. The Morgan fingerprint density at radius 2 is 2.11 bits per heavy atom. The van der Waals surface area contributed by atoms with Crippen LogP contribution in [-0.4, -0.2) is 48.4 Å². The molecule has 4 heteroatoms. The molecular weight excluding hydrogens is 292 g/mol. The number of hydrogen-bond acceptors (Lipinski definition) is 2. The Kier molecular flexibility index (Phi) is 4.07. The fraction of sp³-hybridized carbons (Fsp3) is 0.500. The van der Waals surface area contributed by atoms with Crippen molar-refractivity contribution in [2.75, 3.05) is 26.7 Å². The molecule has 2 rings (SSSR count). The molecule has 3 nitrogen and oxygen atoms in total. The summed E-state index contributed by atoms with van der Waals surface area (Å²) in [6.07, 6.45) is 0. The van der Waals surface area contributed by atoms with Gasteiger partial charge in [-0.15, -0.1) is 0 Å². The first-order valence-electron chi connectivity index (χ1n) is 6.24. The van der Waals surface area contributed by atoms with Crippen molar-refractivity contribution in [2.24, 2.45) is 0 Å². The van der Waals surface area contributed by atoms with E-state index in [1.54, 1.807) is 0 Å². The molecule has 0 aromatic heterocycles. The second-order valence-electron chi connectivity index (χ2n) is 5.09. The summed E-state index contributed by atoms with van der Waals surface area (Å²) in [5.74, 6) is 0.131. The molecule has 1 aliphatic heterocycles. The van der Waals surface area contributed by atoms with Crippen LogP contribution < -0.4 is 0 Å². The number of carbonyl (C=O) groups excluding carboxylic acids is 1. The Balaban J connectivity index is 2.23. The minimum Gasteiger partial charge on any atom is -0.333 e. The first kappa shape index (κ1) is 13.6. The second-order valence-corrected chi connectivity index (χ2v) is 5.95. The Morgan fingerprint density at radius 1 is 1.39 bits per heavy atom. The van der Waals surface area contributed by atoms with E-state index in [0.717, 1.165) is 35.2 Å². The number of hydrogen-bond donors (Lipinski definition) is 0. The van der Waals surface area contributed by atoms with Gasteiger partial charge in [0, 0.05) is 30.1 Å². The predicted octanol–water partition coefficient (Wildman–Crippen LogP) is 2.53. The van der Waals surface area contributed by atoms with Gasteiger partial charge in [-0.2, -0.15) is 0 Å². The smallest absolute Gasteiger partial charge is 0.255 e. The minimum atomic E-state index is 0.131. The van der Waals surface area contributed by atoms with Gasteiger partial charge in [-0.3, -0.25) is 4.79 Å². The average Bonchev–Trinajstić information content (AvgIpc) is 2.31. The van der Waals surface area contributed by atoms with Gasteiger partial charge in [-0.25, -0.2) is 0 Å². The number of piperazine rings is 1. The molecule has 98 valence electrons. The maximum atomic E-state index is 12.6. The molecule has 0 spiro atoms. The van der Waals surface area contributed by atoms with E-state index in [1.807, 2.05) is 30.0 Å². The van der Waals surface area contributed by atoms with Gasteiger partial charge in [0.25, 0.3) is 5.91 Å². The van der Waals surface area contributed by atoms with Crippen LogP contribution in [0.4, 0.5) is 0 Å². The molecule has 1 fully saturated rings. The van der Waals surface area contributed by atoms with Crippen molar-refractivity contribution < 1.29 is 4.79 Å². The van der Waals surface area contributed by atoms with Gasteiger partial charge in [0.15, 0.2) is 0 Å². The summed E-state index contributed by atoms with van der Waals surface area (Å²) < 4.78 is 0.879. The summed E-state index contributed by atoms with van der Waals surface area (Å²) in [6, 6.07) is 6.18. The fourth-order valence-corrected chi connectivity index (χ4v) is 2.82. The summed E-state index contributed by atoms with van der Waals surface area (Å²) in [6.45, 7) is 6.81. The van der Waals surface area contributed by atoms with Crippen molar-refractivity contribution in [3.05, 3.63) is 33.8 Å². The summed E-state index contributed by atoms with van der Waals surface area (Å²) in [5, 5.41) is 0. The monoisotopic (exact) mass is 310 g/mol. The zero-order valence-electron chi connectivity index (χ0n) is 11.1. The lowest BCUT2D eigenvalue weighted by Crippen LogP contribution is -2.52. The van der Waals surface area contributed by atoms with Crippen LogP contribution in [0, 0.1) is 6.92 Å². The molecule has 1 aromatic carbocycles. The molecule has 1 atom stereocenters. The van der Waals surface area contributed by atoms with E-state index in [-0.39, 0.29) is 11.9 Å². The zero-order valence-corrected chi connectivity index (χ0v) is 12.7. The predicted molar refractivity (Wildman–Crippen MR) is 76.9 cm³/mol. The van der Waals surface area contributed by atoms with E-state index in [9.17, 15) is 4.79 Å². The minimum absolute atomic E-state index is 0.131. The first-order valence-corrected chi connectivity index (χ1v) is 7.04. The lowest BCUT2D eigenvalue weighted by molar-refractivity contribution is 0.0532. The first-order chi connectivity index (χ1) is 8.49. The molecule has 0 radical (unpaired) electrons. The van der Waals surface area contributed by atoms with Gasteiger partial charge in [0.1, 0.15) is 0 Å².